The Morgan fingerprint density at radius 1 is 1.15 bits per heavy atom. The third-order valence-corrected chi connectivity index (χ3v) is 7.05. The Balaban J connectivity index is 1.37. The molecule has 0 radical (unpaired) electrons. The number of ether oxygens (including phenoxy) is 1. The molecule has 34 heavy (non-hydrogen) atoms. The predicted molar refractivity (Wildman–Crippen MR) is 133 cm³/mol. The number of carbonyl (C=O) groups excluding carboxylic acids is 1. The molecule has 1 amide bonds. The van der Waals surface area contributed by atoms with Gasteiger partial charge in [-0.1, -0.05) is 60.3 Å². The van der Waals surface area contributed by atoms with Crippen LogP contribution in [-0.4, -0.2) is 44.3 Å². The maximum Gasteiger partial charge on any atom is 0.253 e. The van der Waals surface area contributed by atoms with Crippen LogP contribution in [0.3, 0.4) is 0 Å². The van der Waals surface area contributed by atoms with Crippen molar-refractivity contribution >= 4 is 23.4 Å². The summed E-state index contributed by atoms with van der Waals surface area (Å²) in [5, 5.41) is 15.9. The minimum absolute atomic E-state index is 0.0575. The first kappa shape index (κ1) is 22.4. The second kappa shape index (κ2) is 9.85. The molecule has 2 heterocycles. The van der Waals surface area contributed by atoms with Crippen LogP contribution >= 0.6 is 11.8 Å². The van der Waals surface area contributed by atoms with Crippen LogP contribution in [0.15, 0.2) is 77.5 Å². The number of carbonyl (C=O) groups is 1. The second-order valence-electron chi connectivity index (χ2n) is 8.45. The van der Waals surface area contributed by atoms with Gasteiger partial charge in [0.05, 0.1) is 24.6 Å². The smallest absolute Gasteiger partial charge is 0.253 e. The molecule has 1 aliphatic carbocycles. The first-order chi connectivity index (χ1) is 16.7. The summed E-state index contributed by atoms with van der Waals surface area (Å²) in [6.07, 6.45) is 4.79. The van der Waals surface area contributed by atoms with Crippen LogP contribution in [0.2, 0.25) is 0 Å². The summed E-state index contributed by atoms with van der Waals surface area (Å²) in [6.45, 7) is 4.50. The van der Waals surface area contributed by atoms with Gasteiger partial charge in [-0.25, -0.2) is 5.01 Å². The number of benzene rings is 2. The van der Waals surface area contributed by atoms with E-state index in [1.54, 1.807) is 12.1 Å². The van der Waals surface area contributed by atoms with Gasteiger partial charge in [-0.3, -0.25) is 4.79 Å². The van der Waals surface area contributed by atoms with Crippen LogP contribution in [0.25, 0.3) is 0 Å². The fourth-order valence-corrected chi connectivity index (χ4v) is 4.98. The second-order valence-corrected chi connectivity index (χ2v) is 9.39. The summed E-state index contributed by atoms with van der Waals surface area (Å²) in [4.78, 5) is 13.4. The first-order valence-corrected chi connectivity index (χ1v) is 12.4. The molecule has 1 aromatic heterocycles. The molecule has 7 nitrogen and oxygen atoms in total. The van der Waals surface area contributed by atoms with Gasteiger partial charge < -0.3 is 9.30 Å². The van der Waals surface area contributed by atoms with E-state index in [9.17, 15) is 4.79 Å². The molecule has 0 saturated heterocycles. The number of thioether (sulfide) groups is 1. The minimum Gasteiger partial charge on any atom is -0.497 e. The summed E-state index contributed by atoms with van der Waals surface area (Å²) in [5.41, 5.74) is 2.97. The molecule has 0 spiro atoms. The minimum atomic E-state index is -0.165. The lowest BCUT2D eigenvalue weighted by molar-refractivity contribution is -0.130. The highest BCUT2D eigenvalue weighted by Gasteiger charge is 2.34. The van der Waals surface area contributed by atoms with Gasteiger partial charge in [-0.2, -0.15) is 5.10 Å². The normalized spacial score (nSPS) is 17.5. The molecule has 0 N–H and O–H groups in total. The lowest BCUT2D eigenvalue weighted by atomic mass is 9.98. The quantitative estimate of drug-likeness (QED) is 0.329. The molecule has 1 atom stereocenters. The van der Waals surface area contributed by atoms with E-state index in [4.69, 9.17) is 9.84 Å². The highest BCUT2D eigenvalue weighted by Crippen LogP contribution is 2.40. The van der Waals surface area contributed by atoms with Crippen LogP contribution in [0, 0.1) is 0 Å². The molecule has 5 rings (SSSR count). The molecule has 1 unspecified atom stereocenters. The molecule has 1 saturated carbocycles. The van der Waals surface area contributed by atoms with Crippen molar-refractivity contribution in [2.24, 2.45) is 5.10 Å². The van der Waals surface area contributed by atoms with Gasteiger partial charge in [-0.05, 0) is 36.1 Å². The van der Waals surface area contributed by atoms with E-state index in [-0.39, 0.29) is 17.7 Å². The number of methoxy groups -OCH3 is 1. The Bertz CT molecular complexity index is 1200. The van der Waals surface area contributed by atoms with E-state index < -0.39 is 0 Å². The van der Waals surface area contributed by atoms with Gasteiger partial charge in [-0.15, -0.1) is 16.8 Å². The van der Waals surface area contributed by atoms with Gasteiger partial charge in [0.25, 0.3) is 5.91 Å². The summed E-state index contributed by atoms with van der Waals surface area (Å²) in [5.74, 6) is 2.44. The lowest BCUT2D eigenvalue weighted by Gasteiger charge is -2.22. The third kappa shape index (κ3) is 4.63. The number of allylic oxidation sites excluding steroid dienone is 1. The number of amides is 1. The Morgan fingerprint density at radius 2 is 1.91 bits per heavy atom. The summed E-state index contributed by atoms with van der Waals surface area (Å²) in [6, 6.07) is 17.7. The Kier molecular flexibility index (Phi) is 6.49. The monoisotopic (exact) mass is 473 g/mol. The number of rotatable bonds is 9. The number of hydrazone groups is 1. The number of hydrogen-bond acceptors (Lipinski definition) is 6. The molecule has 0 bridgehead atoms. The molecular weight excluding hydrogens is 446 g/mol. The summed E-state index contributed by atoms with van der Waals surface area (Å²) < 4.78 is 7.38. The van der Waals surface area contributed by atoms with Gasteiger partial charge >= 0.3 is 0 Å². The third-order valence-electron chi connectivity index (χ3n) is 6.10. The zero-order chi connectivity index (χ0) is 23.5. The SMILES string of the molecule is C=CCn1c(SCC(=O)N2N=C(c3ccccc3)CC2c2ccc(OC)cc2)nnc1C1CC1. The van der Waals surface area contributed by atoms with Gasteiger partial charge in [0.2, 0.25) is 0 Å². The van der Waals surface area contributed by atoms with Gasteiger partial charge in [0.1, 0.15) is 11.6 Å². The molecule has 174 valence electrons. The zero-order valence-electron chi connectivity index (χ0n) is 19.1. The molecule has 3 aromatic rings. The fourth-order valence-electron chi connectivity index (χ4n) is 4.17. The topological polar surface area (TPSA) is 72.6 Å². The van der Waals surface area contributed by atoms with Crippen LogP contribution in [0.4, 0.5) is 0 Å². The molecular formula is C26H27N5O2S. The van der Waals surface area contributed by atoms with Gasteiger partial charge in [0, 0.05) is 18.9 Å². The van der Waals surface area contributed by atoms with E-state index in [1.165, 1.54) is 11.8 Å². The Hall–Kier alpha value is -3.39. The van der Waals surface area contributed by atoms with E-state index in [0.717, 1.165) is 46.4 Å². The van der Waals surface area contributed by atoms with E-state index >= 15 is 0 Å². The van der Waals surface area contributed by atoms with Crippen molar-refractivity contribution in [3.63, 3.8) is 0 Å². The van der Waals surface area contributed by atoms with Crippen molar-refractivity contribution in [2.75, 3.05) is 12.9 Å². The molecule has 2 aliphatic rings. The standard InChI is InChI=1S/C26H27N5O2S/c1-3-15-30-25(20-9-10-20)27-28-26(30)34-17-24(32)31-23(19-11-13-21(33-2)14-12-19)16-22(29-31)18-7-5-4-6-8-18/h3-8,11-14,20,23H,1,9-10,15-17H2,2H3. The van der Waals surface area contributed by atoms with Crippen LogP contribution in [-0.2, 0) is 11.3 Å². The Morgan fingerprint density at radius 3 is 2.59 bits per heavy atom. The van der Waals surface area contributed by atoms with Crippen molar-refractivity contribution in [2.45, 2.75) is 42.9 Å². The van der Waals surface area contributed by atoms with Crippen LogP contribution < -0.4 is 4.74 Å². The van der Waals surface area contributed by atoms with Crippen molar-refractivity contribution in [3.05, 3.63) is 84.2 Å². The maximum absolute atomic E-state index is 13.4. The molecule has 1 aliphatic heterocycles. The number of hydrogen-bond donors (Lipinski definition) is 0. The summed E-state index contributed by atoms with van der Waals surface area (Å²) in [7, 11) is 1.65. The van der Waals surface area contributed by atoms with Crippen molar-refractivity contribution in [1.82, 2.24) is 19.8 Å². The van der Waals surface area contributed by atoms with Crippen molar-refractivity contribution in [3.8, 4) is 5.75 Å². The number of nitrogens with zero attached hydrogens (tertiary/aromatic N) is 5. The Labute approximate surface area is 203 Å². The van der Waals surface area contributed by atoms with Gasteiger partial charge in [0.15, 0.2) is 5.16 Å². The number of aromatic nitrogens is 3. The fraction of sp³-hybridized carbons (Fsp3) is 0.308. The average Bonchev–Trinajstić information content (AvgIpc) is 3.49. The largest absolute Gasteiger partial charge is 0.497 e. The first-order valence-electron chi connectivity index (χ1n) is 11.4. The van der Waals surface area contributed by atoms with Crippen molar-refractivity contribution < 1.29 is 9.53 Å². The maximum atomic E-state index is 13.4. The van der Waals surface area contributed by atoms with Crippen LogP contribution in [0.1, 0.15) is 48.2 Å². The highest BCUT2D eigenvalue weighted by molar-refractivity contribution is 7.99. The van der Waals surface area contributed by atoms with E-state index in [1.807, 2.05) is 60.7 Å². The highest BCUT2D eigenvalue weighted by atomic mass is 32.2. The van der Waals surface area contributed by atoms with Crippen LogP contribution in [0.5, 0.6) is 5.75 Å². The van der Waals surface area contributed by atoms with E-state index in [2.05, 4.69) is 21.3 Å². The molecule has 1 fully saturated rings. The lowest BCUT2D eigenvalue weighted by Crippen LogP contribution is -2.28. The zero-order valence-corrected chi connectivity index (χ0v) is 19.9. The van der Waals surface area contributed by atoms with E-state index in [0.29, 0.717) is 18.9 Å². The van der Waals surface area contributed by atoms with Crippen molar-refractivity contribution in [1.29, 1.82) is 0 Å². The molecule has 8 heteroatoms. The predicted octanol–water partition coefficient (Wildman–Crippen LogP) is 4.82. The summed E-state index contributed by atoms with van der Waals surface area (Å²) >= 11 is 1.41. The molecule has 2 aromatic carbocycles. The average molecular weight is 474 g/mol.